The number of carbonyl (C=O) groups is 3. The number of likely N-dealkylation sites (tertiary alicyclic amines) is 1. The first-order chi connectivity index (χ1) is 15.9. The number of nitrogens with zero attached hydrogens (tertiary/aromatic N) is 4. The Bertz CT molecular complexity index is 1100. The smallest absolute Gasteiger partial charge is 0.326 e. The van der Waals surface area contributed by atoms with Crippen molar-refractivity contribution in [2.24, 2.45) is 4.99 Å². The number of nitro benzene ring substituents is 1. The van der Waals surface area contributed by atoms with Gasteiger partial charge in [-0.05, 0) is 25.8 Å². The van der Waals surface area contributed by atoms with E-state index < -0.39 is 16.8 Å². The Labute approximate surface area is 198 Å². The summed E-state index contributed by atoms with van der Waals surface area (Å²) in [7, 11) is 0. The largest absolute Gasteiger partial charge is 0.465 e. The summed E-state index contributed by atoms with van der Waals surface area (Å²) in [5.74, 6) is -0.679. The molecular weight excluding hydrogens is 468 g/mol. The standard InChI is InChI=1S/C21H26N4O6S2/c1-2-31-20(28)12-24-16-8-7-15(25(29)30)11-17(16)33-21(24)22-18(26)13-32-14-19(27)23-9-5-3-4-6-10-23/h7-8,11H,2-6,9-10,12-14H2,1H3. The number of ether oxygens (including phenoxy) is 1. The number of carbonyl (C=O) groups excluding carboxylic acids is 3. The Balaban J connectivity index is 1.74. The van der Waals surface area contributed by atoms with Gasteiger partial charge in [-0.3, -0.25) is 24.5 Å². The molecule has 0 radical (unpaired) electrons. The average Bonchev–Trinajstić information content (AvgIpc) is 2.94. The lowest BCUT2D eigenvalue weighted by molar-refractivity contribution is -0.384. The number of non-ortho nitro benzene ring substituents is 1. The minimum atomic E-state index is -0.505. The predicted molar refractivity (Wildman–Crippen MR) is 126 cm³/mol. The van der Waals surface area contributed by atoms with Crippen molar-refractivity contribution in [1.29, 1.82) is 0 Å². The summed E-state index contributed by atoms with van der Waals surface area (Å²) >= 11 is 2.30. The van der Waals surface area contributed by atoms with Gasteiger partial charge in [0.15, 0.2) is 4.80 Å². The van der Waals surface area contributed by atoms with E-state index in [0.717, 1.165) is 50.1 Å². The SMILES string of the molecule is CCOC(=O)Cn1c(=NC(=O)CSCC(=O)N2CCCCCC2)sc2cc([N+](=O)[O-])ccc21. The number of hydrogen-bond acceptors (Lipinski definition) is 8. The van der Waals surface area contributed by atoms with Gasteiger partial charge in [0.05, 0.1) is 33.3 Å². The summed E-state index contributed by atoms with van der Waals surface area (Å²) in [6, 6.07) is 4.26. The van der Waals surface area contributed by atoms with Crippen LogP contribution in [-0.4, -0.2) is 63.4 Å². The van der Waals surface area contributed by atoms with E-state index in [1.54, 1.807) is 6.92 Å². The molecule has 1 aromatic heterocycles. The van der Waals surface area contributed by atoms with Crippen molar-refractivity contribution in [3.8, 4) is 0 Å². The second-order valence-corrected chi connectivity index (χ2v) is 9.47. The van der Waals surface area contributed by atoms with Crippen LogP contribution in [0.15, 0.2) is 23.2 Å². The van der Waals surface area contributed by atoms with Gasteiger partial charge in [-0.1, -0.05) is 24.2 Å². The number of hydrogen-bond donors (Lipinski definition) is 0. The number of rotatable bonds is 8. The summed E-state index contributed by atoms with van der Waals surface area (Å²) in [6.07, 6.45) is 4.29. The maximum absolute atomic E-state index is 12.5. The lowest BCUT2D eigenvalue weighted by Gasteiger charge is -2.19. The van der Waals surface area contributed by atoms with Crippen LogP contribution in [0.5, 0.6) is 0 Å². The number of esters is 1. The number of fused-ring (bicyclic) bond motifs is 1. The van der Waals surface area contributed by atoms with E-state index in [9.17, 15) is 24.5 Å². The molecule has 33 heavy (non-hydrogen) atoms. The van der Waals surface area contributed by atoms with E-state index in [1.807, 2.05) is 4.90 Å². The van der Waals surface area contributed by atoms with Gasteiger partial charge in [-0.25, -0.2) is 0 Å². The fourth-order valence-corrected chi connectivity index (χ4v) is 5.30. The molecule has 1 aliphatic heterocycles. The van der Waals surface area contributed by atoms with Crippen LogP contribution < -0.4 is 4.80 Å². The lowest BCUT2D eigenvalue weighted by atomic mass is 10.2. The predicted octanol–water partition coefficient (Wildman–Crippen LogP) is 2.74. The van der Waals surface area contributed by atoms with Crippen LogP contribution in [0.4, 0.5) is 5.69 Å². The molecule has 3 rings (SSSR count). The van der Waals surface area contributed by atoms with Crippen molar-refractivity contribution >= 4 is 56.8 Å². The first-order valence-corrected chi connectivity index (χ1v) is 12.7. The highest BCUT2D eigenvalue weighted by atomic mass is 32.2. The molecule has 2 aromatic rings. The fraction of sp³-hybridized carbons (Fsp3) is 0.524. The third-order valence-electron chi connectivity index (χ3n) is 5.10. The van der Waals surface area contributed by atoms with Crippen LogP contribution in [0.25, 0.3) is 10.2 Å². The van der Waals surface area contributed by atoms with Crippen LogP contribution >= 0.6 is 23.1 Å². The molecule has 0 spiro atoms. The van der Waals surface area contributed by atoms with E-state index >= 15 is 0 Å². The topological polar surface area (TPSA) is 124 Å². The zero-order valence-corrected chi connectivity index (χ0v) is 20.0. The second kappa shape index (κ2) is 11.9. The molecule has 1 fully saturated rings. The second-order valence-electron chi connectivity index (χ2n) is 7.48. The minimum Gasteiger partial charge on any atom is -0.465 e. The summed E-state index contributed by atoms with van der Waals surface area (Å²) < 4.78 is 7.06. The van der Waals surface area contributed by atoms with Gasteiger partial charge in [0.2, 0.25) is 5.91 Å². The number of nitro groups is 1. The summed E-state index contributed by atoms with van der Waals surface area (Å²) in [4.78, 5) is 53.8. The van der Waals surface area contributed by atoms with Crippen LogP contribution in [0.2, 0.25) is 0 Å². The third kappa shape index (κ3) is 6.87. The quantitative estimate of drug-likeness (QED) is 0.314. The molecule has 0 bridgehead atoms. The minimum absolute atomic E-state index is 0.0212. The average molecular weight is 495 g/mol. The maximum atomic E-state index is 12.5. The van der Waals surface area contributed by atoms with Gasteiger partial charge in [-0.15, -0.1) is 11.8 Å². The first kappa shape index (κ1) is 24.9. The zero-order chi connectivity index (χ0) is 23.8. The molecule has 1 saturated heterocycles. The molecule has 0 N–H and O–H groups in total. The van der Waals surface area contributed by atoms with E-state index in [0.29, 0.717) is 10.2 Å². The summed E-state index contributed by atoms with van der Waals surface area (Å²) in [5.41, 5.74) is 0.460. The molecule has 1 aliphatic rings. The highest BCUT2D eigenvalue weighted by Gasteiger charge is 2.17. The molecule has 1 aromatic carbocycles. The van der Waals surface area contributed by atoms with E-state index in [2.05, 4.69) is 4.99 Å². The Hall–Kier alpha value is -2.73. The van der Waals surface area contributed by atoms with Crippen molar-refractivity contribution in [3.63, 3.8) is 0 Å². The Morgan fingerprint density at radius 1 is 1.18 bits per heavy atom. The molecule has 2 amide bonds. The van der Waals surface area contributed by atoms with Crippen LogP contribution in [0.3, 0.4) is 0 Å². The zero-order valence-electron chi connectivity index (χ0n) is 18.4. The molecule has 178 valence electrons. The Kier molecular flexibility index (Phi) is 9.01. The fourth-order valence-electron chi connectivity index (χ4n) is 3.53. The van der Waals surface area contributed by atoms with Crippen LogP contribution in [-0.2, 0) is 25.7 Å². The van der Waals surface area contributed by atoms with Crippen LogP contribution in [0.1, 0.15) is 32.6 Å². The van der Waals surface area contributed by atoms with Gasteiger partial charge in [-0.2, -0.15) is 4.99 Å². The molecule has 0 atom stereocenters. The number of amides is 2. The Morgan fingerprint density at radius 3 is 2.58 bits per heavy atom. The Morgan fingerprint density at radius 2 is 1.91 bits per heavy atom. The normalized spacial score (nSPS) is 14.8. The molecule has 0 unspecified atom stereocenters. The molecule has 10 nitrogen and oxygen atoms in total. The monoisotopic (exact) mass is 494 g/mol. The van der Waals surface area contributed by atoms with E-state index in [1.165, 1.54) is 34.5 Å². The third-order valence-corrected chi connectivity index (χ3v) is 7.04. The number of benzene rings is 1. The summed E-state index contributed by atoms with van der Waals surface area (Å²) in [6.45, 7) is 3.26. The van der Waals surface area contributed by atoms with Gasteiger partial charge >= 0.3 is 5.97 Å². The van der Waals surface area contributed by atoms with Gasteiger partial charge in [0.1, 0.15) is 6.54 Å². The molecule has 12 heteroatoms. The molecular formula is C21H26N4O6S2. The van der Waals surface area contributed by atoms with Crippen molar-refractivity contribution in [2.75, 3.05) is 31.2 Å². The summed E-state index contributed by atoms with van der Waals surface area (Å²) in [5, 5.41) is 11.1. The molecule has 0 aliphatic carbocycles. The highest BCUT2D eigenvalue weighted by molar-refractivity contribution is 8.00. The molecule has 2 heterocycles. The van der Waals surface area contributed by atoms with Crippen molar-refractivity contribution in [1.82, 2.24) is 9.47 Å². The number of aromatic nitrogens is 1. The van der Waals surface area contributed by atoms with Crippen LogP contribution in [0, 0.1) is 10.1 Å². The van der Waals surface area contributed by atoms with Gasteiger partial charge in [0.25, 0.3) is 11.6 Å². The highest BCUT2D eigenvalue weighted by Crippen LogP contribution is 2.23. The van der Waals surface area contributed by atoms with Gasteiger partial charge < -0.3 is 14.2 Å². The first-order valence-electron chi connectivity index (χ1n) is 10.8. The van der Waals surface area contributed by atoms with E-state index in [-0.39, 0.29) is 41.1 Å². The van der Waals surface area contributed by atoms with Crippen molar-refractivity contribution < 1.29 is 24.0 Å². The van der Waals surface area contributed by atoms with E-state index in [4.69, 9.17) is 4.74 Å². The molecule has 0 saturated carbocycles. The van der Waals surface area contributed by atoms with Crippen molar-refractivity contribution in [3.05, 3.63) is 33.1 Å². The number of thiazole rings is 1. The van der Waals surface area contributed by atoms with Gasteiger partial charge in [0, 0.05) is 25.2 Å². The maximum Gasteiger partial charge on any atom is 0.326 e. The van der Waals surface area contributed by atoms with Crippen molar-refractivity contribution in [2.45, 2.75) is 39.2 Å². The lowest BCUT2D eigenvalue weighted by Crippen LogP contribution is -2.33. The number of thioether (sulfide) groups is 1.